The highest BCUT2D eigenvalue weighted by Crippen LogP contribution is 2.25. The zero-order chi connectivity index (χ0) is 17.6. The summed E-state index contributed by atoms with van der Waals surface area (Å²) in [5.74, 6) is -0.262. The van der Waals surface area contributed by atoms with Crippen molar-refractivity contribution in [3.63, 3.8) is 0 Å². The molecule has 5 nitrogen and oxygen atoms in total. The molecule has 0 aliphatic carbocycles. The van der Waals surface area contributed by atoms with E-state index in [-0.39, 0.29) is 5.82 Å². The number of benzene rings is 2. The van der Waals surface area contributed by atoms with E-state index in [0.29, 0.717) is 12.2 Å². The van der Waals surface area contributed by atoms with Crippen molar-refractivity contribution in [1.29, 1.82) is 0 Å². The van der Waals surface area contributed by atoms with Gasteiger partial charge in [0.15, 0.2) is 5.13 Å². The number of halogens is 1. The average Bonchev–Trinajstić information content (AvgIpc) is 3.10. The van der Waals surface area contributed by atoms with Crippen LogP contribution in [0.1, 0.15) is 5.56 Å². The second-order valence-corrected chi connectivity index (χ2v) is 6.07. The van der Waals surface area contributed by atoms with E-state index in [0.717, 1.165) is 22.0 Å². The number of nitrogens with zero attached hydrogens (tertiary/aromatic N) is 1. The van der Waals surface area contributed by atoms with E-state index in [1.807, 2.05) is 17.5 Å². The van der Waals surface area contributed by atoms with Crippen LogP contribution in [0, 0.1) is 5.82 Å². The van der Waals surface area contributed by atoms with Crippen molar-refractivity contribution >= 4 is 28.2 Å². The average molecular weight is 357 g/mol. The van der Waals surface area contributed by atoms with Gasteiger partial charge in [-0.2, -0.15) is 0 Å². The minimum absolute atomic E-state index is 0.262. The normalized spacial score (nSPS) is 10.3. The predicted octanol–water partition coefficient (Wildman–Crippen LogP) is 4.74. The number of carbonyl (C=O) groups excluding carboxylic acids is 1. The molecule has 0 spiro atoms. The van der Waals surface area contributed by atoms with E-state index < -0.39 is 6.09 Å². The van der Waals surface area contributed by atoms with Crippen molar-refractivity contribution in [1.82, 2.24) is 4.98 Å². The van der Waals surface area contributed by atoms with Gasteiger partial charge in [0, 0.05) is 23.2 Å². The lowest BCUT2D eigenvalue weighted by molar-refractivity contribution is 0.187. The van der Waals surface area contributed by atoms with Crippen LogP contribution >= 0.6 is 11.3 Å². The highest BCUT2D eigenvalue weighted by molar-refractivity contribution is 7.14. The molecule has 128 valence electrons. The van der Waals surface area contributed by atoms with Gasteiger partial charge >= 0.3 is 6.09 Å². The van der Waals surface area contributed by atoms with Crippen LogP contribution in [0.2, 0.25) is 0 Å². The molecular formula is C18H16FN3O2S. The van der Waals surface area contributed by atoms with Crippen LogP contribution < -0.4 is 10.6 Å². The van der Waals surface area contributed by atoms with Gasteiger partial charge in [0.1, 0.15) is 5.82 Å². The quantitative estimate of drug-likeness (QED) is 0.692. The highest BCUT2D eigenvalue weighted by atomic mass is 32.1. The Morgan fingerprint density at radius 1 is 1.16 bits per heavy atom. The maximum atomic E-state index is 13.0. The summed E-state index contributed by atoms with van der Waals surface area (Å²) in [7, 11) is 1.32. The Morgan fingerprint density at radius 2 is 1.88 bits per heavy atom. The molecule has 3 rings (SSSR count). The lowest BCUT2D eigenvalue weighted by Crippen LogP contribution is -2.10. The standard InChI is InChI=1S/C18H16FN3O2S/c1-24-18(23)21-15-8-2-12(3-9-15)10-20-17-22-16(11-25-17)13-4-6-14(19)7-5-13/h2-9,11H,10H2,1H3,(H,20,22)(H,21,23). The Bertz CT molecular complexity index is 848. The minimum Gasteiger partial charge on any atom is -0.453 e. The summed E-state index contributed by atoms with van der Waals surface area (Å²) in [6, 6.07) is 13.7. The van der Waals surface area contributed by atoms with Gasteiger partial charge in [-0.1, -0.05) is 12.1 Å². The molecule has 0 radical (unpaired) electrons. The molecular weight excluding hydrogens is 341 g/mol. The number of ether oxygens (including phenoxy) is 1. The smallest absolute Gasteiger partial charge is 0.411 e. The monoisotopic (exact) mass is 357 g/mol. The molecule has 0 fully saturated rings. The van der Waals surface area contributed by atoms with E-state index in [2.05, 4.69) is 20.4 Å². The first-order chi connectivity index (χ1) is 12.1. The summed E-state index contributed by atoms with van der Waals surface area (Å²) in [6.07, 6.45) is -0.498. The summed E-state index contributed by atoms with van der Waals surface area (Å²) in [4.78, 5) is 15.6. The zero-order valence-electron chi connectivity index (χ0n) is 13.5. The van der Waals surface area contributed by atoms with E-state index >= 15 is 0 Å². The third-order valence-electron chi connectivity index (χ3n) is 3.47. The van der Waals surface area contributed by atoms with Crippen molar-refractivity contribution < 1.29 is 13.9 Å². The summed E-state index contributed by atoms with van der Waals surface area (Å²) in [6.45, 7) is 0.606. The number of amides is 1. The molecule has 2 N–H and O–H groups in total. The van der Waals surface area contributed by atoms with E-state index in [1.165, 1.54) is 30.6 Å². The van der Waals surface area contributed by atoms with Crippen LogP contribution in [-0.4, -0.2) is 18.2 Å². The predicted molar refractivity (Wildman–Crippen MR) is 97.3 cm³/mol. The Balaban J connectivity index is 1.58. The van der Waals surface area contributed by atoms with Crippen LogP contribution in [0.25, 0.3) is 11.3 Å². The Kier molecular flexibility index (Phi) is 5.25. The van der Waals surface area contributed by atoms with Crippen molar-refractivity contribution in [2.24, 2.45) is 0 Å². The number of anilines is 2. The molecule has 1 heterocycles. The fraction of sp³-hybridized carbons (Fsp3) is 0.111. The molecule has 0 bridgehead atoms. The third kappa shape index (κ3) is 4.54. The molecule has 25 heavy (non-hydrogen) atoms. The fourth-order valence-electron chi connectivity index (χ4n) is 2.16. The number of methoxy groups -OCH3 is 1. The van der Waals surface area contributed by atoms with E-state index in [1.54, 1.807) is 24.3 Å². The van der Waals surface area contributed by atoms with E-state index in [9.17, 15) is 9.18 Å². The first kappa shape index (κ1) is 16.9. The van der Waals surface area contributed by atoms with Gasteiger partial charge in [-0.05, 0) is 42.0 Å². The molecule has 1 amide bonds. The Morgan fingerprint density at radius 3 is 2.56 bits per heavy atom. The molecule has 1 aromatic heterocycles. The Labute approximate surface area is 148 Å². The summed E-state index contributed by atoms with van der Waals surface area (Å²) >= 11 is 1.49. The maximum absolute atomic E-state index is 13.0. The molecule has 0 saturated heterocycles. The van der Waals surface area contributed by atoms with Gasteiger partial charge < -0.3 is 10.1 Å². The van der Waals surface area contributed by atoms with Crippen LogP contribution in [0.3, 0.4) is 0 Å². The van der Waals surface area contributed by atoms with Gasteiger partial charge in [-0.25, -0.2) is 14.2 Å². The van der Waals surface area contributed by atoms with Gasteiger partial charge in [0.25, 0.3) is 0 Å². The number of rotatable bonds is 5. The van der Waals surface area contributed by atoms with E-state index in [4.69, 9.17) is 0 Å². The van der Waals surface area contributed by atoms with Crippen LogP contribution in [-0.2, 0) is 11.3 Å². The summed E-state index contributed by atoms with van der Waals surface area (Å²) in [5.41, 5.74) is 3.41. The lowest BCUT2D eigenvalue weighted by atomic mass is 10.2. The molecule has 7 heteroatoms. The van der Waals surface area contributed by atoms with Gasteiger partial charge in [0.2, 0.25) is 0 Å². The fourth-order valence-corrected chi connectivity index (χ4v) is 2.88. The zero-order valence-corrected chi connectivity index (χ0v) is 14.3. The molecule has 0 unspecified atom stereocenters. The minimum atomic E-state index is -0.498. The first-order valence-corrected chi connectivity index (χ1v) is 8.41. The van der Waals surface area contributed by atoms with Crippen LogP contribution in [0.5, 0.6) is 0 Å². The van der Waals surface area contributed by atoms with Crippen LogP contribution in [0.15, 0.2) is 53.9 Å². The number of thiazole rings is 1. The third-order valence-corrected chi connectivity index (χ3v) is 4.27. The maximum Gasteiger partial charge on any atom is 0.411 e. The first-order valence-electron chi connectivity index (χ1n) is 7.53. The Hall–Kier alpha value is -2.93. The number of nitrogens with one attached hydrogen (secondary N) is 2. The van der Waals surface area contributed by atoms with Crippen molar-refractivity contribution in [2.45, 2.75) is 6.54 Å². The number of hydrogen-bond donors (Lipinski definition) is 2. The summed E-state index contributed by atoms with van der Waals surface area (Å²) in [5, 5.41) is 8.57. The SMILES string of the molecule is COC(=O)Nc1ccc(CNc2nc(-c3ccc(F)cc3)cs2)cc1. The van der Waals surface area contributed by atoms with Crippen molar-refractivity contribution in [2.75, 3.05) is 17.7 Å². The molecule has 3 aromatic rings. The second-order valence-electron chi connectivity index (χ2n) is 5.21. The largest absolute Gasteiger partial charge is 0.453 e. The number of aromatic nitrogens is 1. The molecule has 2 aromatic carbocycles. The lowest BCUT2D eigenvalue weighted by Gasteiger charge is -2.06. The molecule has 0 saturated carbocycles. The second kappa shape index (κ2) is 7.76. The number of hydrogen-bond acceptors (Lipinski definition) is 5. The van der Waals surface area contributed by atoms with Crippen molar-refractivity contribution in [3.8, 4) is 11.3 Å². The molecule has 0 aliphatic rings. The summed E-state index contributed by atoms with van der Waals surface area (Å²) < 4.78 is 17.5. The molecule has 0 aliphatic heterocycles. The van der Waals surface area contributed by atoms with Gasteiger partial charge in [-0.15, -0.1) is 11.3 Å². The van der Waals surface area contributed by atoms with Crippen LogP contribution in [0.4, 0.5) is 20.0 Å². The molecule has 0 atom stereocenters. The van der Waals surface area contributed by atoms with Gasteiger partial charge in [-0.3, -0.25) is 5.32 Å². The highest BCUT2D eigenvalue weighted by Gasteiger charge is 2.05. The number of carbonyl (C=O) groups is 1. The topological polar surface area (TPSA) is 63.2 Å². The van der Waals surface area contributed by atoms with Gasteiger partial charge in [0.05, 0.1) is 12.8 Å². The van der Waals surface area contributed by atoms with Crippen molar-refractivity contribution in [3.05, 3.63) is 65.3 Å².